The van der Waals surface area contributed by atoms with Gasteiger partial charge in [0.2, 0.25) is 0 Å². The molecule has 2 nitrogen and oxygen atoms in total. The van der Waals surface area contributed by atoms with E-state index < -0.39 is 0 Å². The molecule has 0 heterocycles. The smallest absolute Gasteiger partial charge is 0.304 e. The van der Waals surface area contributed by atoms with Crippen molar-refractivity contribution in [2.24, 2.45) is 0 Å². The van der Waals surface area contributed by atoms with Gasteiger partial charge < -0.3 is 24.0 Å². The van der Waals surface area contributed by atoms with E-state index in [1.54, 1.807) is 11.8 Å². The number of halogens is 1. The molecule has 0 spiro atoms. The van der Waals surface area contributed by atoms with E-state index in [9.17, 15) is 0 Å². The van der Waals surface area contributed by atoms with Gasteiger partial charge in [0.05, 0.1) is 0 Å². The zero-order valence-electron chi connectivity index (χ0n) is 7.98. The Kier molecular flexibility index (Phi) is 14.3. The van der Waals surface area contributed by atoms with Crippen LogP contribution in [0, 0.1) is 0 Å². The van der Waals surface area contributed by atoms with Crippen LogP contribution < -0.4 is 34.3 Å². The summed E-state index contributed by atoms with van der Waals surface area (Å²) in [6, 6.07) is 0. The molecule has 13 heavy (non-hydrogen) atoms. The molecule has 0 aromatic rings. The van der Waals surface area contributed by atoms with Crippen molar-refractivity contribution in [3.8, 4) is 0 Å². The van der Waals surface area contributed by atoms with Crippen LogP contribution in [-0.4, -0.2) is 24.0 Å². The second kappa shape index (κ2) is 12.0. The first-order valence-electron chi connectivity index (χ1n) is 4.04. The highest BCUT2D eigenvalue weighted by Crippen LogP contribution is 1.93. The van der Waals surface area contributed by atoms with Crippen LogP contribution in [0.2, 0.25) is 0 Å². The zero-order chi connectivity index (χ0) is 9.23. The number of hydrogen-bond acceptors (Lipinski definition) is 1. The van der Waals surface area contributed by atoms with Crippen LogP contribution in [0.4, 0.5) is 0 Å². The maximum Gasteiger partial charge on any atom is 0.304 e. The first-order valence-corrected chi connectivity index (χ1v) is 5.03. The zero-order valence-corrected chi connectivity index (χ0v) is 11.0. The third-order valence-electron chi connectivity index (χ3n) is 1.10. The quantitative estimate of drug-likeness (QED) is 0.247. The van der Waals surface area contributed by atoms with E-state index in [-0.39, 0.29) is 24.0 Å². The Morgan fingerprint density at radius 3 is 2.62 bits per heavy atom. The highest BCUT2D eigenvalue weighted by molar-refractivity contribution is 8.13. The van der Waals surface area contributed by atoms with E-state index in [2.05, 4.69) is 30.4 Å². The molecule has 0 amide bonds. The summed E-state index contributed by atoms with van der Waals surface area (Å²) in [5.74, 6) is 1.06. The average molecular weight is 312 g/mol. The van der Waals surface area contributed by atoms with Gasteiger partial charge >= 0.3 is 5.17 Å². The second-order valence-corrected chi connectivity index (χ2v) is 3.38. The van der Waals surface area contributed by atoms with Crippen LogP contribution in [0.25, 0.3) is 0 Å². The topological polar surface area (TPSA) is 26.0 Å². The minimum absolute atomic E-state index is 0. The third kappa shape index (κ3) is 9.95. The fraction of sp³-hybridized carbons (Fsp3) is 0.444. The van der Waals surface area contributed by atoms with Crippen LogP contribution in [-0.2, 0) is 0 Å². The van der Waals surface area contributed by atoms with Gasteiger partial charge in [-0.2, -0.15) is 0 Å². The Morgan fingerprint density at radius 2 is 2.15 bits per heavy atom. The SMILES string of the molecule is C=CCNC(=[NH+]CC=C)SCC.[I-]. The molecule has 76 valence electrons. The molecule has 2 N–H and O–H groups in total. The minimum atomic E-state index is 0. The van der Waals surface area contributed by atoms with Crippen LogP contribution in [0.15, 0.2) is 25.3 Å². The highest BCUT2D eigenvalue weighted by Gasteiger charge is 2.01. The third-order valence-corrected chi connectivity index (χ3v) is 1.97. The van der Waals surface area contributed by atoms with Crippen molar-refractivity contribution in [1.29, 1.82) is 0 Å². The number of thioether (sulfide) groups is 1. The first kappa shape index (κ1) is 15.5. The Morgan fingerprint density at radius 1 is 1.46 bits per heavy atom. The van der Waals surface area contributed by atoms with E-state index >= 15 is 0 Å². The summed E-state index contributed by atoms with van der Waals surface area (Å²) in [5.41, 5.74) is 0. The molecule has 0 radical (unpaired) electrons. The molecule has 0 bridgehead atoms. The van der Waals surface area contributed by atoms with Gasteiger partial charge in [-0.05, 0) is 11.8 Å². The summed E-state index contributed by atoms with van der Waals surface area (Å²) >= 11 is 1.76. The van der Waals surface area contributed by atoms with Crippen LogP contribution in [0.5, 0.6) is 0 Å². The van der Waals surface area contributed by atoms with Gasteiger partial charge in [-0.1, -0.05) is 32.2 Å². The average Bonchev–Trinajstić information content (AvgIpc) is 2.10. The molecular weight excluding hydrogens is 295 g/mol. The lowest BCUT2D eigenvalue weighted by molar-refractivity contribution is -0.443. The molecule has 0 atom stereocenters. The predicted molar refractivity (Wildman–Crippen MR) is 57.4 cm³/mol. The Hall–Kier alpha value is 0.0300. The van der Waals surface area contributed by atoms with Crippen LogP contribution in [0.1, 0.15) is 6.92 Å². The van der Waals surface area contributed by atoms with Gasteiger partial charge in [-0.15, -0.1) is 0 Å². The van der Waals surface area contributed by atoms with E-state index in [4.69, 9.17) is 0 Å². The predicted octanol–water partition coefficient (Wildman–Crippen LogP) is -2.86. The molecule has 0 aliphatic rings. The van der Waals surface area contributed by atoms with E-state index in [1.807, 2.05) is 12.2 Å². The van der Waals surface area contributed by atoms with Crippen molar-refractivity contribution in [3.63, 3.8) is 0 Å². The molecule has 0 aromatic carbocycles. The molecule has 0 saturated heterocycles. The van der Waals surface area contributed by atoms with Crippen molar-refractivity contribution >= 4 is 16.9 Å². The van der Waals surface area contributed by atoms with Crippen LogP contribution >= 0.6 is 11.8 Å². The standard InChI is InChI=1S/C9H16N2S.HI/c1-4-7-10-9(12-6-3)11-8-5-2;/h4-5H,1-2,6-8H2,3H3,(H,10,11);1H. The van der Waals surface area contributed by atoms with Crippen molar-refractivity contribution in [1.82, 2.24) is 5.32 Å². The Balaban J connectivity index is 0. The molecular formula is C9H17IN2S. The number of nitrogens with one attached hydrogen (secondary N) is 2. The number of hydrogen-bond donors (Lipinski definition) is 2. The largest absolute Gasteiger partial charge is 1.00 e. The minimum Gasteiger partial charge on any atom is -1.00 e. The van der Waals surface area contributed by atoms with E-state index in [0.29, 0.717) is 0 Å². The molecule has 0 aliphatic heterocycles. The summed E-state index contributed by atoms with van der Waals surface area (Å²) in [7, 11) is 0. The summed E-state index contributed by atoms with van der Waals surface area (Å²) in [6.07, 6.45) is 3.68. The summed E-state index contributed by atoms with van der Waals surface area (Å²) in [4.78, 5) is 3.21. The van der Waals surface area contributed by atoms with Gasteiger partial charge in [-0.3, -0.25) is 10.3 Å². The lowest BCUT2D eigenvalue weighted by atomic mass is 10.6. The summed E-state index contributed by atoms with van der Waals surface area (Å²) in [5, 5.41) is 4.30. The Labute approximate surface area is 102 Å². The summed E-state index contributed by atoms with van der Waals surface area (Å²) in [6.45, 7) is 11.0. The molecule has 0 unspecified atom stereocenters. The number of rotatable bonds is 5. The van der Waals surface area contributed by atoms with Gasteiger partial charge in [0, 0.05) is 5.75 Å². The van der Waals surface area contributed by atoms with E-state index in [1.165, 1.54) is 0 Å². The van der Waals surface area contributed by atoms with E-state index in [0.717, 1.165) is 24.0 Å². The highest BCUT2D eigenvalue weighted by atomic mass is 127. The lowest BCUT2D eigenvalue weighted by Crippen LogP contribution is -3.00. The Bertz CT molecular complexity index is 169. The van der Waals surface area contributed by atoms with Gasteiger partial charge in [0.15, 0.2) is 0 Å². The monoisotopic (exact) mass is 312 g/mol. The fourth-order valence-electron chi connectivity index (χ4n) is 0.639. The summed E-state index contributed by atoms with van der Waals surface area (Å²) < 4.78 is 0. The van der Waals surface area contributed by atoms with Gasteiger partial charge in [-0.25, -0.2) is 0 Å². The van der Waals surface area contributed by atoms with Crippen molar-refractivity contribution in [3.05, 3.63) is 25.3 Å². The van der Waals surface area contributed by atoms with Gasteiger partial charge in [0.25, 0.3) is 0 Å². The first-order chi connectivity index (χ1) is 5.85. The lowest BCUT2D eigenvalue weighted by Gasteiger charge is -1.97. The molecule has 0 fully saturated rings. The second-order valence-electron chi connectivity index (χ2n) is 2.10. The maximum absolute atomic E-state index is 3.64. The molecule has 4 heteroatoms. The molecule has 0 aliphatic carbocycles. The fourth-order valence-corrected chi connectivity index (χ4v) is 1.30. The molecule has 0 saturated carbocycles. The van der Waals surface area contributed by atoms with Gasteiger partial charge in [0.1, 0.15) is 13.1 Å². The number of amidine groups is 1. The molecule has 0 aromatic heterocycles. The van der Waals surface area contributed by atoms with Crippen LogP contribution in [0.3, 0.4) is 0 Å². The van der Waals surface area contributed by atoms with Crippen molar-refractivity contribution < 1.29 is 29.0 Å². The van der Waals surface area contributed by atoms with Crippen molar-refractivity contribution in [2.45, 2.75) is 6.92 Å². The molecule has 0 rings (SSSR count). The maximum atomic E-state index is 3.64. The van der Waals surface area contributed by atoms with Crippen molar-refractivity contribution in [2.75, 3.05) is 18.8 Å². The normalized spacial score (nSPS) is 10.1.